The zero-order chi connectivity index (χ0) is 20.3. The lowest BCUT2D eigenvalue weighted by molar-refractivity contribution is 0.672. The summed E-state index contributed by atoms with van der Waals surface area (Å²) < 4.78 is 6.20. The zero-order valence-electron chi connectivity index (χ0n) is 16.9. The van der Waals surface area contributed by atoms with Gasteiger partial charge in [0, 0.05) is 9.95 Å². The first-order valence-corrected chi connectivity index (χ1v) is 13.6. The first kappa shape index (κ1) is 18.5. The molecule has 2 aliphatic rings. The molecule has 6 rings (SSSR count). The van der Waals surface area contributed by atoms with Gasteiger partial charge in [-0.1, -0.05) is 83.1 Å². The van der Waals surface area contributed by atoms with Crippen LogP contribution in [0.2, 0.25) is 0 Å². The molecule has 30 heavy (non-hydrogen) atoms. The Labute approximate surface area is 190 Å². The number of benzene rings is 3. The summed E-state index contributed by atoms with van der Waals surface area (Å²) in [6, 6.07) is 18.2. The van der Waals surface area contributed by atoms with E-state index < -0.39 is 0 Å². The van der Waals surface area contributed by atoms with E-state index in [1.54, 1.807) is 0 Å². The second kappa shape index (κ2) is 6.86. The van der Waals surface area contributed by atoms with Crippen LogP contribution in [0.3, 0.4) is 0 Å². The molecule has 1 aliphatic heterocycles. The Morgan fingerprint density at radius 1 is 0.833 bits per heavy atom. The van der Waals surface area contributed by atoms with E-state index in [1.165, 1.54) is 53.6 Å². The summed E-state index contributed by atoms with van der Waals surface area (Å²) in [5.41, 5.74) is 5.45. The van der Waals surface area contributed by atoms with Crippen molar-refractivity contribution >= 4 is 81.4 Å². The van der Waals surface area contributed by atoms with Crippen molar-refractivity contribution in [1.29, 1.82) is 0 Å². The lowest BCUT2D eigenvalue weighted by atomic mass is 9.87. The van der Waals surface area contributed by atoms with Gasteiger partial charge in [0.2, 0.25) is 0 Å². The normalized spacial score (nSPS) is 16.7. The minimum Gasteiger partial charge on any atom is -0.144 e. The molecule has 0 amide bonds. The summed E-state index contributed by atoms with van der Waals surface area (Å²) in [7, 11) is 0. The van der Waals surface area contributed by atoms with Gasteiger partial charge in [-0.25, -0.2) is 0 Å². The predicted octanol–water partition coefficient (Wildman–Crippen LogP) is 6.84. The summed E-state index contributed by atoms with van der Waals surface area (Å²) in [4.78, 5) is 0. The fourth-order valence-corrected chi connectivity index (χ4v) is 7.31. The van der Waals surface area contributed by atoms with Gasteiger partial charge in [0.05, 0.1) is 0 Å². The van der Waals surface area contributed by atoms with E-state index in [4.69, 9.17) is 0 Å². The van der Waals surface area contributed by atoms with Crippen molar-refractivity contribution in [3.8, 4) is 0 Å². The van der Waals surface area contributed by atoms with Crippen LogP contribution in [0, 0.1) is 5.41 Å². The summed E-state index contributed by atoms with van der Waals surface area (Å²) in [5, 5.41) is 9.00. The van der Waals surface area contributed by atoms with Crippen molar-refractivity contribution in [2.45, 2.75) is 13.8 Å². The van der Waals surface area contributed by atoms with Crippen molar-refractivity contribution in [1.82, 2.24) is 0 Å². The minimum absolute atomic E-state index is 0.0202. The van der Waals surface area contributed by atoms with E-state index >= 15 is 0 Å². The molecule has 0 N–H and O–H groups in total. The maximum Gasteiger partial charge on any atom is 0.0345 e. The Hall–Kier alpha value is -2.30. The van der Waals surface area contributed by atoms with Crippen molar-refractivity contribution < 1.29 is 0 Å². The predicted molar refractivity (Wildman–Crippen MR) is 144 cm³/mol. The van der Waals surface area contributed by atoms with E-state index in [-0.39, 0.29) is 26.1 Å². The summed E-state index contributed by atoms with van der Waals surface area (Å²) in [6.45, 7) is 4.59. The van der Waals surface area contributed by atoms with E-state index in [0.29, 0.717) is 0 Å². The SMILES string of the molecule is CC1(C)C=C(c2ccc3c4c(c5ccccc5c3c2)C=IC=C4)C=c2sccc2=C1. The highest BCUT2D eigenvalue weighted by Crippen LogP contribution is 2.38. The molecule has 0 saturated heterocycles. The summed E-state index contributed by atoms with van der Waals surface area (Å²) in [5.74, 6) is 0. The maximum atomic E-state index is 2.47. The fourth-order valence-electron chi connectivity index (χ4n) is 4.68. The fraction of sp³-hybridized carbons (Fsp3) is 0.107. The molecule has 3 aromatic carbocycles. The number of hydrogen-bond acceptors (Lipinski definition) is 1. The van der Waals surface area contributed by atoms with Gasteiger partial charge in [0.15, 0.2) is 0 Å². The Kier molecular flexibility index (Phi) is 4.22. The summed E-state index contributed by atoms with van der Waals surface area (Å²) >= 11 is 1.85. The average Bonchev–Trinajstić information content (AvgIpc) is 3.13. The Morgan fingerprint density at radius 2 is 1.67 bits per heavy atom. The Bertz CT molecular complexity index is 1560. The van der Waals surface area contributed by atoms with E-state index in [2.05, 4.69) is 100 Å². The van der Waals surface area contributed by atoms with Crippen LogP contribution in [0.4, 0.5) is 0 Å². The number of fused-ring (bicyclic) bond motifs is 7. The molecule has 0 nitrogen and oxygen atoms in total. The van der Waals surface area contributed by atoms with Crippen LogP contribution in [-0.2, 0) is 0 Å². The van der Waals surface area contributed by atoms with Crippen molar-refractivity contribution in [3.05, 3.63) is 90.5 Å². The second-order valence-corrected chi connectivity index (χ2v) is 11.6. The molecular weight excluding hydrogens is 495 g/mol. The van der Waals surface area contributed by atoms with Gasteiger partial charge in [0.1, 0.15) is 0 Å². The van der Waals surface area contributed by atoms with Crippen LogP contribution in [0.1, 0.15) is 30.5 Å². The van der Waals surface area contributed by atoms with Crippen LogP contribution in [-0.4, -0.2) is 4.01 Å². The Balaban J connectivity index is 1.67. The molecule has 146 valence electrons. The van der Waals surface area contributed by atoms with Gasteiger partial charge in [-0.2, -0.15) is 0 Å². The van der Waals surface area contributed by atoms with Crippen LogP contribution in [0.5, 0.6) is 0 Å². The Morgan fingerprint density at radius 3 is 2.57 bits per heavy atom. The average molecular weight is 516 g/mol. The molecule has 0 bridgehead atoms. The molecule has 1 aliphatic carbocycles. The van der Waals surface area contributed by atoms with Crippen LogP contribution in [0.25, 0.3) is 45.3 Å². The first-order valence-electron chi connectivity index (χ1n) is 10.2. The second-order valence-electron chi connectivity index (χ2n) is 8.61. The third kappa shape index (κ3) is 2.97. The van der Waals surface area contributed by atoms with Crippen molar-refractivity contribution in [3.63, 3.8) is 0 Å². The minimum atomic E-state index is 0.0202. The lowest BCUT2D eigenvalue weighted by Crippen LogP contribution is -2.19. The molecule has 0 spiro atoms. The largest absolute Gasteiger partial charge is 0.144 e. The topological polar surface area (TPSA) is 0 Å². The van der Waals surface area contributed by atoms with Gasteiger partial charge < -0.3 is 0 Å². The highest BCUT2D eigenvalue weighted by Gasteiger charge is 2.17. The highest BCUT2D eigenvalue weighted by molar-refractivity contribution is 14.2. The maximum absolute atomic E-state index is 2.47. The molecule has 0 radical (unpaired) electrons. The smallest absolute Gasteiger partial charge is 0.0345 e. The van der Waals surface area contributed by atoms with Gasteiger partial charge in [-0.15, -0.1) is 11.3 Å². The number of thiophene rings is 1. The van der Waals surface area contributed by atoms with Gasteiger partial charge in [-0.3, -0.25) is 0 Å². The third-order valence-corrected chi connectivity index (χ3v) is 8.62. The number of halogens is 1. The number of rotatable bonds is 1. The standard InChI is InChI=1S/C28H21IS/c1-28(2)15-19-10-12-30-27(19)14-20(16-28)18-7-8-23-24-9-11-29-17-26(24)22-6-4-3-5-21(22)25(23)13-18/h3-17H,1-2H3. The molecule has 0 atom stereocenters. The third-order valence-electron chi connectivity index (χ3n) is 5.98. The molecule has 4 aromatic rings. The van der Waals surface area contributed by atoms with E-state index in [9.17, 15) is 0 Å². The van der Waals surface area contributed by atoms with Crippen molar-refractivity contribution in [2.24, 2.45) is 5.41 Å². The van der Waals surface area contributed by atoms with Gasteiger partial charge in [-0.05, 0) is 86.8 Å². The molecule has 2 heteroatoms. The monoisotopic (exact) mass is 516 g/mol. The molecular formula is C28H21IS. The summed E-state index contributed by atoms with van der Waals surface area (Å²) in [6.07, 6.45) is 9.52. The molecule has 2 heterocycles. The number of allylic oxidation sites excluding steroid dienone is 2. The molecule has 0 saturated carbocycles. The van der Waals surface area contributed by atoms with Gasteiger partial charge in [0.25, 0.3) is 0 Å². The highest BCUT2D eigenvalue weighted by atomic mass is 127. The molecule has 1 aromatic heterocycles. The van der Waals surface area contributed by atoms with E-state index in [1.807, 2.05) is 11.3 Å². The lowest BCUT2D eigenvalue weighted by Gasteiger charge is -2.18. The van der Waals surface area contributed by atoms with E-state index in [0.717, 1.165) is 0 Å². The van der Waals surface area contributed by atoms with Crippen LogP contribution in [0.15, 0.2) is 64.1 Å². The number of hydrogen-bond donors (Lipinski definition) is 0. The van der Waals surface area contributed by atoms with Crippen LogP contribution >= 0.6 is 32.1 Å². The molecule has 0 fully saturated rings. The first-order chi connectivity index (χ1) is 14.6. The van der Waals surface area contributed by atoms with Gasteiger partial charge >= 0.3 is 0 Å². The van der Waals surface area contributed by atoms with Crippen molar-refractivity contribution in [2.75, 3.05) is 0 Å². The van der Waals surface area contributed by atoms with Crippen LogP contribution < -0.4 is 9.75 Å². The molecule has 0 unspecified atom stereocenters. The zero-order valence-corrected chi connectivity index (χ0v) is 19.9. The quantitative estimate of drug-likeness (QED) is 0.192.